The third-order valence-corrected chi connectivity index (χ3v) is 3.90. The first-order chi connectivity index (χ1) is 8.58. The number of aliphatic hydroxyl groups excluding tert-OH is 1. The highest BCUT2D eigenvalue weighted by atomic mass is 16.3. The van der Waals surface area contributed by atoms with Gasteiger partial charge in [-0.15, -0.1) is 0 Å². The Kier molecular flexibility index (Phi) is 4.02. The SMILES string of the molecule is CC(=O)c1ccc(N(C)C2CCC(O)CC2)cc1. The number of Topliss-reactive ketones (excluding diaryl/α,β-unsaturated/α-hetero) is 1. The summed E-state index contributed by atoms with van der Waals surface area (Å²) in [5, 5.41) is 9.52. The van der Waals surface area contributed by atoms with Gasteiger partial charge < -0.3 is 10.0 Å². The van der Waals surface area contributed by atoms with Crippen molar-refractivity contribution in [1.82, 2.24) is 0 Å². The molecule has 0 unspecified atom stereocenters. The van der Waals surface area contributed by atoms with Crippen LogP contribution in [0.15, 0.2) is 24.3 Å². The largest absolute Gasteiger partial charge is 0.393 e. The number of aliphatic hydroxyl groups is 1. The predicted octanol–water partition coefficient (Wildman–Crippen LogP) is 2.63. The smallest absolute Gasteiger partial charge is 0.159 e. The van der Waals surface area contributed by atoms with Crippen molar-refractivity contribution >= 4 is 11.5 Å². The van der Waals surface area contributed by atoms with E-state index in [-0.39, 0.29) is 11.9 Å². The molecule has 1 saturated carbocycles. The number of hydrogen-bond donors (Lipinski definition) is 1. The highest BCUT2D eigenvalue weighted by Gasteiger charge is 2.22. The van der Waals surface area contributed by atoms with E-state index in [1.807, 2.05) is 24.3 Å². The minimum absolute atomic E-state index is 0.102. The average molecular weight is 247 g/mol. The molecule has 3 heteroatoms. The van der Waals surface area contributed by atoms with Gasteiger partial charge in [0.05, 0.1) is 6.10 Å². The van der Waals surface area contributed by atoms with Gasteiger partial charge in [0, 0.05) is 24.3 Å². The molecule has 1 aromatic carbocycles. The third kappa shape index (κ3) is 2.91. The highest BCUT2D eigenvalue weighted by molar-refractivity contribution is 5.94. The lowest BCUT2D eigenvalue weighted by atomic mass is 9.92. The summed E-state index contributed by atoms with van der Waals surface area (Å²) in [5.41, 5.74) is 1.90. The van der Waals surface area contributed by atoms with E-state index in [1.165, 1.54) is 0 Å². The van der Waals surface area contributed by atoms with Crippen LogP contribution in [-0.2, 0) is 0 Å². The summed E-state index contributed by atoms with van der Waals surface area (Å²) in [6.07, 6.45) is 3.73. The molecule has 1 aromatic rings. The van der Waals surface area contributed by atoms with E-state index >= 15 is 0 Å². The monoisotopic (exact) mass is 247 g/mol. The first-order valence-electron chi connectivity index (χ1n) is 6.60. The van der Waals surface area contributed by atoms with E-state index in [0.29, 0.717) is 6.04 Å². The van der Waals surface area contributed by atoms with Gasteiger partial charge in [-0.1, -0.05) is 0 Å². The van der Waals surface area contributed by atoms with Crippen LogP contribution in [0, 0.1) is 0 Å². The summed E-state index contributed by atoms with van der Waals surface area (Å²) in [6.45, 7) is 1.58. The molecule has 0 saturated heterocycles. The number of hydrogen-bond acceptors (Lipinski definition) is 3. The van der Waals surface area contributed by atoms with Crippen LogP contribution < -0.4 is 4.90 Å². The second kappa shape index (κ2) is 5.53. The van der Waals surface area contributed by atoms with E-state index in [4.69, 9.17) is 0 Å². The third-order valence-electron chi connectivity index (χ3n) is 3.90. The summed E-state index contributed by atoms with van der Waals surface area (Å²) in [5.74, 6) is 0.102. The maximum absolute atomic E-state index is 11.2. The quantitative estimate of drug-likeness (QED) is 0.835. The molecule has 0 heterocycles. The molecule has 0 atom stereocenters. The lowest BCUT2D eigenvalue weighted by molar-refractivity contribution is 0.101. The van der Waals surface area contributed by atoms with Crippen LogP contribution >= 0.6 is 0 Å². The fourth-order valence-electron chi connectivity index (χ4n) is 2.59. The van der Waals surface area contributed by atoms with Crippen molar-refractivity contribution in [3.63, 3.8) is 0 Å². The van der Waals surface area contributed by atoms with Crippen LogP contribution in [0.1, 0.15) is 43.0 Å². The van der Waals surface area contributed by atoms with Crippen molar-refractivity contribution in [2.45, 2.75) is 44.8 Å². The van der Waals surface area contributed by atoms with Crippen LogP contribution in [0.3, 0.4) is 0 Å². The number of ketones is 1. The molecular weight excluding hydrogens is 226 g/mol. The van der Waals surface area contributed by atoms with Gasteiger partial charge >= 0.3 is 0 Å². The number of nitrogens with zero attached hydrogens (tertiary/aromatic N) is 1. The highest BCUT2D eigenvalue weighted by Crippen LogP contribution is 2.26. The molecule has 0 amide bonds. The summed E-state index contributed by atoms with van der Waals surface area (Å²) in [6, 6.07) is 8.26. The number of benzene rings is 1. The second-order valence-corrected chi connectivity index (χ2v) is 5.18. The Labute approximate surface area is 108 Å². The zero-order chi connectivity index (χ0) is 13.1. The molecule has 0 radical (unpaired) electrons. The molecule has 0 bridgehead atoms. The summed E-state index contributed by atoms with van der Waals surface area (Å²) < 4.78 is 0. The maximum Gasteiger partial charge on any atom is 0.159 e. The van der Waals surface area contributed by atoms with Gasteiger partial charge in [-0.3, -0.25) is 4.79 Å². The van der Waals surface area contributed by atoms with Crippen LogP contribution in [-0.4, -0.2) is 30.1 Å². The maximum atomic E-state index is 11.2. The van der Waals surface area contributed by atoms with Gasteiger partial charge in [-0.25, -0.2) is 0 Å². The summed E-state index contributed by atoms with van der Waals surface area (Å²) in [7, 11) is 2.09. The van der Waals surface area contributed by atoms with E-state index in [2.05, 4.69) is 11.9 Å². The molecule has 18 heavy (non-hydrogen) atoms. The average Bonchev–Trinajstić information content (AvgIpc) is 2.39. The molecule has 0 spiro atoms. The minimum Gasteiger partial charge on any atom is -0.393 e. The van der Waals surface area contributed by atoms with Crippen molar-refractivity contribution in [3.8, 4) is 0 Å². The van der Waals surface area contributed by atoms with Gasteiger partial charge in [-0.05, 0) is 56.9 Å². The Morgan fingerprint density at radius 1 is 1.17 bits per heavy atom. The molecule has 0 aliphatic heterocycles. The van der Waals surface area contributed by atoms with E-state index in [9.17, 15) is 9.90 Å². The lowest BCUT2D eigenvalue weighted by Crippen LogP contribution is -2.36. The molecule has 1 fully saturated rings. The summed E-state index contributed by atoms with van der Waals surface area (Å²) in [4.78, 5) is 13.5. The molecule has 1 aliphatic carbocycles. The molecule has 3 nitrogen and oxygen atoms in total. The van der Waals surface area contributed by atoms with Crippen molar-refractivity contribution in [3.05, 3.63) is 29.8 Å². The van der Waals surface area contributed by atoms with Gasteiger partial charge in [0.25, 0.3) is 0 Å². The first kappa shape index (κ1) is 13.1. The van der Waals surface area contributed by atoms with Gasteiger partial charge in [0.15, 0.2) is 5.78 Å². The summed E-state index contributed by atoms with van der Waals surface area (Å²) >= 11 is 0. The molecule has 98 valence electrons. The van der Waals surface area contributed by atoms with Crippen molar-refractivity contribution in [2.24, 2.45) is 0 Å². The van der Waals surface area contributed by atoms with E-state index < -0.39 is 0 Å². The topological polar surface area (TPSA) is 40.5 Å². The van der Waals surface area contributed by atoms with Crippen molar-refractivity contribution in [1.29, 1.82) is 0 Å². The fraction of sp³-hybridized carbons (Fsp3) is 0.533. The zero-order valence-corrected chi connectivity index (χ0v) is 11.1. The minimum atomic E-state index is -0.116. The van der Waals surface area contributed by atoms with Crippen LogP contribution in [0.2, 0.25) is 0 Å². The first-order valence-corrected chi connectivity index (χ1v) is 6.60. The molecule has 2 rings (SSSR count). The number of carbonyl (C=O) groups is 1. The fourth-order valence-corrected chi connectivity index (χ4v) is 2.59. The van der Waals surface area contributed by atoms with Crippen molar-refractivity contribution < 1.29 is 9.90 Å². The van der Waals surface area contributed by atoms with Crippen LogP contribution in [0.25, 0.3) is 0 Å². The van der Waals surface area contributed by atoms with Gasteiger partial charge in [0.2, 0.25) is 0 Å². The van der Waals surface area contributed by atoms with Crippen LogP contribution in [0.4, 0.5) is 5.69 Å². The van der Waals surface area contributed by atoms with Gasteiger partial charge in [0.1, 0.15) is 0 Å². The van der Waals surface area contributed by atoms with Crippen LogP contribution in [0.5, 0.6) is 0 Å². The Balaban J connectivity index is 2.04. The van der Waals surface area contributed by atoms with Crippen molar-refractivity contribution in [2.75, 3.05) is 11.9 Å². The van der Waals surface area contributed by atoms with E-state index in [1.54, 1.807) is 6.92 Å². The normalized spacial score (nSPS) is 23.7. The Bertz CT molecular complexity index is 405. The van der Waals surface area contributed by atoms with Gasteiger partial charge in [-0.2, -0.15) is 0 Å². The lowest BCUT2D eigenvalue weighted by Gasteiger charge is -2.34. The molecular formula is C15H21NO2. The Hall–Kier alpha value is -1.35. The number of anilines is 1. The van der Waals surface area contributed by atoms with E-state index in [0.717, 1.165) is 36.9 Å². The Morgan fingerprint density at radius 2 is 1.72 bits per heavy atom. The molecule has 1 N–H and O–H groups in total. The molecule has 1 aliphatic rings. The zero-order valence-electron chi connectivity index (χ0n) is 11.1. The standard InChI is InChI=1S/C15H21NO2/c1-11(17)12-3-5-13(6-4-12)16(2)14-7-9-15(18)10-8-14/h3-6,14-15,18H,7-10H2,1-2H3. The number of carbonyl (C=O) groups excluding carboxylic acids is 1. The Morgan fingerprint density at radius 3 is 2.22 bits per heavy atom. The molecule has 0 aromatic heterocycles. The number of rotatable bonds is 3. The predicted molar refractivity (Wildman–Crippen MR) is 73.1 cm³/mol. The second-order valence-electron chi connectivity index (χ2n) is 5.18.